The van der Waals surface area contributed by atoms with Gasteiger partial charge < -0.3 is 10.1 Å². The molecule has 0 bridgehead atoms. The number of nitrogens with one attached hydrogen (secondary N) is 2. The van der Waals surface area contributed by atoms with Crippen LogP contribution in [-0.2, 0) is 24.7 Å². The number of anilines is 1. The topological polar surface area (TPSA) is 87.7 Å². The highest BCUT2D eigenvalue weighted by atomic mass is 79.9. The van der Waals surface area contributed by atoms with Gasteiger partial charge in [-0.05, 0) is 49.5 Å². The summed E-state index contributed by atoms with van der Waals surface area (Å²) in [5, 5.41) is 6.40. The minimum absolute atomic E-state index is 0.107. The third-order valence-corrected chi connectivity index (χ3v) is 7.95. The number of hydrogen-bond acceptors (Lipinski definition) is 6. The summed E-state index contributed by atoms with van der Waals surface area (Å²) in [6.07, 6.45) is 4.42. The van der Waals surface area contributed by atoms with E-state index in [9.17, 15) is 14.4 Å². The fourth-order valence-electron chi connectivity index (χ4n) is 5.50. The van der Waals surface area contributed by atoms with E-state index < -0.39 is 17.4 Å². The van der Waals surface area contributed by atoms with E-state index >= 15 is 0 Å². The van der Waals surface area contributed by atoms with E-state index in [1.54, 1.807) is 11.8 Å². The first-order valence-electron chi connectivity index (χ1n) is 10.3. The van der Waals surface area contributed by atoms with E-state index in [0.29, 0.717) is 18.7 Å². The Bertz CT molecular complexity index is 922. The third-order valence-electron chi connectivity index (χ3n) is 6.81. The molecule has 5 atom stereocenters. The van der Waals surface area contributed by atoms with Crippen LogP contribution in [0.4, 0.5) is 5.69 Å². The zero-order chi connectivity index (χ0) is 21.0. The molecule has 7 nitrogen and oxygen atoms in total. The number of likely N-dealkylation sites (tertiary alicyclic amines) is 1. The predicted molar refractivity (Wildman–Crippen MR) is 117 cm³/mol. The van der Waals surface area contributed by atoms with Crippen LogP contribution in [0.3, 0.4) is 0 Å². The molecule has 0 aliphatic carbocycles. The second-order valence-corrected chi connectivity index (χ2v) is 10.3. The predicted octanol–water partition coefficient (Wildman–Crippen LogP) is 2.10. The van der Waals surface area contributed by atoms with Gasteiger partial charge in [0.2, 0.25) is 17.7 Å². The van der Waals surface area contributed by atoms with Crippen molar-refractivity contribution in [2.45, 2.75) is 36.9 Å². The maximum atomic E-state index is 13.6. The van der Waals surface area contributed by atoms with Gasteiger partial charge in [0.15, 0.2) is 0 Å². The SMILES string of the molecule is CSCC[C@@H]1N[C@@]2(C(=O)Nc3ccc(Br)cc32)[C@H]2C(=O)N(C[C@@H]3CCCO3)C(=O)[C@@H]12. The molecule has 3 amide bonds. The zero-order valence-electron chi connectivity index (χ0n) is 16.7. The van der Waals surface area contributed by atoms with Gasteiger partial charge >= 0.3 is 0 Å². The molecule has 3 saturated heterocycles. The summed E-state index contributed by atoms with van der Waals surface area (Å²) in [4.78, 5) is 41.8. The molecule has 4 heterocycles. The van der Waals surface area contributed by atoms with Crippen molar-refractivity contribution in [1.29, 1.82) is 0 Å². The number of carbonyl (C=O) groups excluding carboxylic acids is 3. The standard InChI is InChI=1S/C21H24BrN3O4S/c1-30-8-6-15-16-17(19(27)25(18(16)26)10-12-3-2-7-29-12)21(24-15)13-9-11(22)4-5-14(13)23-20(21)28/h4-5,9,12,15-17,24H,2-3,6-8,10H2,1H3,(H,23,28)/t12-,15-,16-,17+,21+/m0/s1. The Hall–Kier alpha value is -1.42. The highest BCUT2D eigenvalue weighted by Gasteiger charge is 2.70. The van der Waals surface area contributed by atoms with E-state index in [1.165, 1.54) is 4.90 Å². The van der Waals surface area contributed by atoms with Crippen LogP contribution in [0.15, 0.2) is 22.7 Å². The van der Waals surface area contributed by atoms with Crippen molar-refractivity contribution in [3.05, 3.63) is 28.2 Å². The van der Waals surface area contributed by atoms with E-state index in [2.05, 4.69) is 26.6 Å². The number of fused-ring (bicyclic) bond motifs is 4. The summed E-state index contributed by atoms with van der Waals surface area (Å²) in [5.41, 5.74) is 0.215. The van der Waals surface area contributed by atoms with Gasteiger partial charge in [-0.15, -0.1) is 0 Å². The molecule has 0 unspecified atom stereocenters. The number of hydrogen-bond donors (Lipinski definition) is 2. The molecule has 3 fully saturated rings. The second-order valence-electron chi connectivity index (χ2n) is 8.41. The summed E-state index contributed by atoms with van der Waals surface area (Å²) in [6, 6.07) is 5.35. The number of amides is 3. The molecule has 0 saturated carbocycles. The van der Waals surface area contributed by atoms with Crippen molar-refractivity contribution in [1.82, 2.24) is 10.2 Å². The van der Waals surface area contributed by atoms with Gasteiger partial charge in [-0.25, -0.2) is 0 Å². The molecule has 160 valence electrons. The highest BCUT2D eigenvalue weighted by molar-refractivity contribution is 9.10. The number of thioether (sulfide) groups is 1. The molecule has 30 heavy (non-hydrogen) atoms. The number of rotatable bonds is 5. The molecular weight excluding hydrogens is 470 g/mol. The summed E-state index contributed by atoms with van der Waals surface area (Å²) >= 11 is 5.19. The third kappa shape index (κ3) is 2.89. The first-order valence-corrected chi connectivity index (χ1v) is 12.5. The number of nitrogens with zero attached hydrogens (tertiary/aromatic N) is 1. The lowest BCUT2D eigenvalue weighted by Crippen LogP contribution is -2.53. The second kappa shape index (κ2) is 7.62. The molecule has 1 aromatic carbocycles. The van der Waals surface area contributed by atoms with Gasteiger partial charge in [-0.3, -0.25) is 24.6 Å². The fourth-order valence-corrected chi connectivity index (χ4v) is 6.35. The molecule has 0 radical (unpaired) electrons. The molecule has 4 aliphatic heterocycles. The highest BCUT2D eigenvalue weighted by Crippen LogP contribution is 2.53. The van der Waals surface area contributed by atoms with Crippen molar-refractivity contribution in [2.24, 2.45) is 11.8 Å². The van der Waals surface area contributed by atoms with Crippen molar-refractivity contribution >= 4 is 51.1 Å². The molecule has 1 spiro atoms. The number of imide groups is 1. The largest absolute Gasteiger partial charge is 0.376 e. The minimum Gasteiger partial charge on any atom is -0.376 e. The lowest BCUT2D eigenvalue weighted by molar-refractivity contribution is -0.144. The van der Waals surface area contributed by atoms with Crippen molar-refractivity contribution in [3.63, 3.8) is 0 Å². The molecule has 4 aliphatic rings. The van der Waals surface area contributed by atoms with Gasteiger partial charge in [0.05, 0.1) is 24.5 Å². The van der Waals surface area contributed by atoms with Crippen LogP contribution in [0.5, 0.6) is 0 Å². The fraction of sp³-hybridized carbons (Fsp3) is 0.571. The lowest BCUT2D eigenvalue weighted by Gasteiger charge is -2.30. The minimum atomic E-state index is -1.22. The van der Waals surface area contributed by atoms with Crippen LogP contribution in [-0.4, -0.2) is 59.9 Å². The Labute approximate surface area is 187 Å². The molecule has 0 aromatic heterocycles. The van der Waals surface area contributed by atoms with Gasteiger partial charge in [0.1, 0.15) is 5.54 Å². The van der Waals surface area contributed by atoms with Crippen LogP contribution in [0.2, 0.25) is 0 Å². The van der Waals surface area contributed by atoms with Crippen molar-refractivity contribution < 1.29 is 19.1 Å². The Morgan fingerprint density at radius 3 is 2.87 bits per heavy atom. The molecule has 2 N–H and O–H groups in total. The van der Waals surface area contributed by atoms with Crippen molar-refractivity contribution in [2.75, 3.05) is 30.5 Å². The van der Waals surface area contributed by atoms with Crippen LogP contribution in [0.25, 0.3) is 0 Å². The molecular formula is C21H24BrN3O4S. The van der Waals surface area contributed by atoms with Gasteiger partial charge in [-0.1, -0.05) is 15.9 Å². The van der Waals surface area contributed by atoms with Crippen LogP contribution < -0.4 is 10.6 Å². The summed E-state index contributed by atoms with van der Waals surface area (Å²) in [5.74, 6) is -1.13. The maximum absolute atomic E-state index is 13.6. The smallest absolute Gasteiger partial charge is 0.250 e. The Morgan fingerprint density at radius 1 is 1.30 bits per heavy atom. The number of benzene rings is 1. The number of carbonyl (C=O) groups is 3. The number of ether oxygens (including phenoxy) is 1. The monoisotopic (exact) mass is 493 g/mol. The molecule has 1 aromatic rings. The van der Waals surface area contributed by atoms with Crippen LogP contribution in [0.1, 0.15) is 24.8 Å². The zero-order valence-corrected chi connectivity index (χ0v) is 19.1. The molecule has 9 heteroatoms. The Morgan fingerprint density at radius 2 is 2.13 bits per heavy atom. The molecule has 5 rings (SSSR count). The van der Waals surface area contributed by atoms with Crippen LogP contribution in [0, 0.1) is 11.8 Å². The summed E-state index contributed by atoms with van der Waals surface area (Å²) in [7, 11) is 0. The van der Waals surface area contributed by atoms with E-state index in [-0.39, 0.29) is 36.4 Å². The van der Waals surface area contributed by atoms with E-state index in [0.717, 1.165) is 28.6 Å². The Balaban J connectivity index is 1.57. The number of halogens is 1. The summed E-state index contributed by atoms with van der Waals surface area (Å²) < 4.78 is 6.51. The van der Waals surface area contributed by atoms with Gasteiger partial charge in [0.25, 0.3) is 0 Å². The van der Waals surface area contributed by atoms with E-state index in [4.69, 9.17) is 4.74 Å². The average molecular weight is 494 g/mol. The van der Waals surface area contributed by atoms with Crippen molar-refractivity contribution in [3.8, 4) is 0 Å². The Kier molecular flexibility index (Phi) is 5.20. The summed E-state index contributed by atoms with van der Waals surface area (Å²) in [6.45, 7) is 0.947. The van der Waals surface area contributed by atoms with Gasteiger partial charge in [-0.2, -0.15) is 11.8 Å². The van der Waals surface area contributed by atoms with Crippen LogP contribution >= 0.6 is 27.7 Å². The maximum Gasteiger partial charge on any atom is 0.250 e. The first-order chi connectivity index (χ1) is 14.5. The first kappa shape index (κ1) is 20.5. The van der Waals surface area contributed by atoms with E-state index in [1.807, 2.05) is 24.5 Å². The normalized spacial score (nSPS) is 34.7. The van der Waals surface area contributed by atoms with Gasteiger partial charge in [0, 0.05) is 28.4 Å². The quantitative estimate of drug-likeness (QED) is 0.610. The average Bonchev–Trinajstić information content (AvgIpc) is 3.46. The lowest BCUT2D eigenvalue weighted by atomic mass is 9.76.